The first-order valence-electron chi connectivity index (χ1n) is 12.3. The molecule has 0 aromatic heterocycles. The summed E-state index contributed by atoms with van der Waals surface area (Å²) in [5, 5.41) is 12.7. The Morgan fingerprint density at radius 3 is 2.26 bits per heavy atom. The summed E-state index contributed by atoms with van der Waals surface area (Å²) in [7, 11) is 0. The van der Waals surface area contributed by atoms with Gasteiger partial charge in [-0.3, -0.25) is 4.79 Å². The molecule has 35 heavy (non-hydrogen) atoms. The van der Waals surface area contributed by atoms with E-state index >= 15 is 0 Å². The lowest BCUT2D eigenvalue weighted by molar-refractivity contribution is -0.156. The first kappa shape index (κ1) is 23.4. The van der Waals surface area contributed by atoms with E-state index in [9.17, 15) is 19.5 Å². The van der Waals surface area contributed by atoms with E-state index in [1.54, 1.807) is 0 Å². The number of carboxylic acid groups (broad SMARTS) is 1. The lowest BCUT2D eigenvalue weighted by atomic mass is 9.85. The molecule has 2 aliphatic carbocycles. The fourth-order valence-electron chi connectivity index (χ4n) is 5.93. The molecular weight excluding hydrogens is 444 g/mol. The van der Waals surface area contributed by atoms with Crippen LogP contribution in [0.5, 0.6) is 0 Å². The van der Waals surface area contributed by atoms with Gasteiger partial charge in [0, 0.05) is 12.5 Å². The van der Waals surface area contributed by atoms with Crippen LogP contribution in [0.1, 0.15) is 57.1 Å². The van der Waals surface area contributed by atoms with E-state index in [2.05, 4.69) is 29.6 Å². The molecule has 2 aromatic carbocycles. The van der Waals surface area contributed by atoms with E-state index in [0.29, 0.717) is 13.0 Å². The summed E-state index contributed by atoms with van der Waals surface area (Å²) < 4.78 is 5.68. The normalized spacial score (nSPS) is 23.5. The zero-order chi connectivity index (χ0) is 25.0. The third-order valence-corrected chi connectivity index (χ3v) is 7.84. The number of fused-ring (bicyclic) bond motifs is 4. The van der Waals surface area contributed by atoms with Crippen molar-refractivity contribution in [3.8, 4) is 11.1 Å². The van der Waals surface area contributed by atoms with Crippen molar-refractivity contribution in [3.05, 3.63) is 59.7 Å². The second kappa shape index (κ2) is 8.40. The molecule has 3 aliphatic rings. The average molecular weight is 477 g/mol. The third kappa shape index (κ3) is 3.87. The zero-order valence-corrected chi connectivity index (χ0v) is 20.4. The standard InChI is InChI=1S/C28H32N2O5/c1-27(2,3)23(24(31)30-14-8-9-17-15-28(17,30)25(32)33)29-26(34)35-16-22-20-12-6-4-10-18(20)19-11-5-7-13-21(19)22/h4-7,10-13,17,22-23H,8-9,14-16H2,1-3H3,(H,29,34)(H,32,33)/t17?,23-,28?/m0/s1. The minimum absolute atomic E-state index is 0.00669. The summed E-state index contributed by atoms with van der Waals surface area (Å²) in [6.45, 7) is 6.12. The fraction of sp³-hybridized carbons (Fsp3) is 0.464. The van der Waals surface area contributed by atoms with E-state index in [0.717, 1.165) is 35.1 Å². The van der Waals surface area contributed by atoms with Crippen LogP contribution < -0.4 is 5.32 Å². The van der Waals surface area contributed by atoms with Crippen molar-refractivity contribution in [1.29, 1.82) is 0 Å². The molecule has 3 atom stereocenters. The highest BCUT2D eigenvalue weighted by Crippen LogP contribution is 2.54. The maximum Gasteiger partial charge on any atom is 0.407 e. The molecule has 1 saturated carbocycles. The summed E-state index contributed by atoms with van der Waals surface area (Å²) in [5.74, 6) is -1.39. The SMILES string of the molecule is CC(C)(C)[C@@H](NC(=O)OCC1c2ccccc2-c2ccccc21)C(=O)N1CCCC2CC21C(=O)O. The fourth-order valence-corrected chi connectivity index (χ4v) is 5.93. The average Bonchev–Trinajstić information content (AvgIpc) is 3.51. The van der Waals surface area contributed by atoms with E-state index in [1.165, 1.54) is 4.90 Å². The van der Waals surface area contributed by atoms with Crippen LogP contribution in [0.2, 0.25) is 0 Å². The Morgan fingerprint density at radius 2 is 1.69 bits per heavy atom. The number of nitrogens with zero attached hydrogens (tertiary/aromatic N) is 1. The van der Waals surface area contributed by atoms with Gasteiger partial charge in [0.1, 0.15) is 18.2 Å². The summed E-state index contributed by atoms with van der Waals surface area (Å²) in [5.41, 5.74) is 2.76. The molecule has 2 fully saturated rings. The van der Waals surface area contributed by atoms with Gasteiger partial charge in [0.2, 0.25) is 5.91 Å². The van der Waals surface area contributed by atoms with Gasteiger partial charge >= 0.3 is 12.1 Å². The van der Waals surface area contributed by atoms with Gasteiger partial charge in [0.05, 0.1) is 0 Å². The van der Waals surface area contributed by atoms with Gasteiger partial charge < -0.3 is 20.1 Å². The topological polar surface area (TPSA) is 95.9 Å². The van der Waals surface area contributed by atoms with E-state index < -0.39 is 29.1 Å². The maximum atomic E-state index is 13.6. The molecule has 2 unspecified atom stereocenters. The number of hydrogen-bond acceptors (Lipinski definition) is 4. The summed E-state index contributed by atoms with van der Waals surface area (Å²) in [4.78, 5) is 40.1. The molecule has 2 amide bonds. The van der Waals surface area contributed by atoms with Gasteiger partial charge in [-0.1, -0.05) is 69.3 Å². The molecule has 2 N–H and O–H groups in total. The number of piperidine rings is 1. The molecule has 7 nitrogen and oxygen atoms in total. The van der Waals surface area contributed by atoms with Crippen molar-refractivity contribution in [3.63, 3.8) is 0 Å². The molecular formula is C28H32N2O5. The molecule has 1 aliphatic heterocycles. The van der Waals surface area contributed by atoms with Crippen molar-refractivity contribution in [2.75, 3.05) is 13.2 Å². The van der Waals surface area contributed by atoms with Crippen molar-refractivity contribution in [2.45, 2.75) is 57.5 Å². The highest BCUT2D eigenvalue weighted by molar-refractivity contribution is 5.94. The third-order valence-electron chi connectivity index (χ3n) is 7.84. The van der Waals surface area contributed by atoms with E-state index in [1.807, 2.05) is 45.0 Å². The minimum atomic E-state index is -1.12. The Labute approximate surface area is 205 Å². The van der Waals surface area contributed by atoms with Gasteiger partial charge in [0.25, 0.3) is 0 Å². The van der Waals surface area contributed by atoms with Crippen molar-refractivity contribution in [2.24, 2.45) is 11.3 Å². The van der Waals surface area contributed by atoms with Crippen LogP contribution in [-0.2, 0) is 14.3 Å². The second-order valence-electron chi connectivity index (χ2n) is 11.0. The summed E-state index contributed by atoms with van der Waals surface area (Å²) >= 11 is 0. The van der Waals surface area contributed by atoms with E-state index in [-0.39, 0.29) is 24.3 Å². The maximum absolute atomic E-state index is 13.6. The minimum Gasteiger partial charge on any atom is -0.479 e. The molecule has 184 valence electrons. The number of rotatable bonds is 5. The van der Waals surface area contributed by atoms with Crippen molar-refractivity contribution < 1.29 is 24.2 Å². The predicted octanol–water partition coefficient (Wildman–Crippen LogP) is 4.41. The van der Waals surface area contributed by atoms with Gasteiger partial charge in [0.15, 0.2) is 0 Å². The van der Waals surface area contributed by atoms with Gasteiger partial charge in [-0.15, -0.1) is 0 Å². The number of ether oxygens (including phenoxy) is 1. The Morgan fingerprint density at radius 1 is 1.09 bits per heavy atom. The number of carbonyl (C=O) groups excluding carboxylic acids is 2. The Balaban J connectivity index is 1.31. The Hall–Kier alpha value is -3.35. The number of carbonyl (C=O) groups is 3. The number of carboxylic acids is 1. The number of likely N-dealkylation sites (tertiary alicyclic amines) is 1. The number of hydrogen-bond donors (Lipinski definition) is 2. The van der Waals surface area contributed by atoms with Crippen LogP contribution in [0.25, 0.3) is 11.1 Å². The largest absolute Gasteiger partial charge is 0.479 e. The van der Waals surface area contributed by atoms with E-state index in [4.69, 9.17) is 4.74 Å². The molecule has 2 aromatic rings. The van der Waals surface area contributed by atoms with Crippen LogP contribution in [0, 0.1) is 11.3 Å². The van der Waals surface area contributed by atoms with Crippen molar-refractivity contribution >= 4 is 18.0 Å². The lowest BCUT2D eigenvalue weighted by Crippen LogP contribution is -2.60. The van der Waals surface area contributed by atoms with Crippen LogP contribution in [0.15, 0.2) is 48.5 Å². The monoisotopic (exact) mass is 476 g/mol. The van der Waals surface area contributed by atoms with Gasteiger partial charge in [-0.25, -0.2) is 9.59 Å². The number of aliphatic carboxylic acids is 1. The molecule has 0 radical (unpaired) electrons. The Kier molecular flexibility index (Phi) is 5.61. The molecule has 7 heteroatoms. The van der Waals surface area contributed by atoms with Crippen LogP contribution in [0.3, 0.4) is 0 Å². The predicted molar refractivity (Wildman–Crippen MR) is 131 cm³/mol. The molecule has 0 bridgehead atoms. The number of benzene rings is 2. The van der Waals surface area contributed by atoms with Crippen LogP contribution in [-0.4, -0.2) is 52.7 Å². The number of amides is 2. The smallest absolute Gasteiger partial charge is 0.407 e. The second-order valence-corrected chi connectivity index (χ2v) is 11.0. The highest BCUT2D eigenvalue weighted by Gasteiger charge is 2.67. The first-order valence-corrected chi connectivity index (χ1v) is 12.3. The lowest BCUT2D eigenvalue weighted by Gasteiger charge is -2.39. The van der Waals surface area contributed by atoms with Gasteiger partial charge in [-0.2, -0.15) is 0 Å². The van der Waals surface area contributed by atoms with Crippen molar-refractivity contribution in [1.82, 2.24) is 10.2 Å². The molecule has 1 saturated heterocycles. The van der Waals surface area contributed by atoms with Gasteiger partial charge in [-0.05, 0) is 52.8 Å². The highest BCUT2D eigenvalue weighted by atomic mass is 16.5. The first-order chi connectivity index (χ1) is 16.6. The zero-order valence-electron chi connectivity index (χ0n) is 20.4. The number of alkyl carbamates (subject to hydrolysis) is 1. The summed E-state index contributed by atoms with van der Waals surface area (Å²) in [6, 6.07) is 15.3. The quantitative estimate of drug-likeness (QED) is 0.667. The molecule has 5 rings (SSSR count). The van der Waals surface area contributed by atoms with Crippen LogP contribution >= 0.6 is 0 Å². The number of nitrogens with one attached hydrogen (secondary N) is 1. The summed E-state index contributed by atoms with van der Waals surface area (Å²) in [6.07, 6.45) is 1.40. The van der Waals surface area contributed by atoms with Crippen LogP contribution in [0.4, 0.5) is 4.79 Å². The molecule has 1 heterocycles. The Bertz CT molecular complexity index is 1140. The molecule has 0 spiro atoms.